The molecule has 6 unspecified atom stereocenters. The zero-order valence-electron chi connectivity index (χ0n) is 17.9. The standard InChI is InChI=1S/C26H22ClNO5/c1-32-15-5-2-13(3-6-15)21(29)12-33-22-9-4-14(10-20(22)27)28-25(30)23-16-7-8-17(19-11-18(16)19)24(23)26(28)31/h2-10,16-19,23-24H,11-12H2,1H3. The predicted octanol–water partition coefficient (Wildman–Crippen LogP) is 4.17. The Kier molecular flexibility index (Phi) is 4.63. The summed E-state index contributed by atoms with van der Waals surface area (Å²) in [4.78, 5) is 40.2. The molecule has 33 heavy (non-hydrogen) atoms. The van der Waals surface area contributed by atoms with Gasteiger partial charge in [0.05, 0.1) is 29.7 Å². The van der Waals surface area contributed by atoms with E-state index < -0.39 is 0 Å². The van der Waals surface area contributed by atoms with E-state index >= 15 is 0 Å². The van der Waals surface area contributed by atoms with Crippen molar-refractivity contribution in [1.29, 1.82) is 0 Å². The Morgan fingerprint density at radius 2 is 1.64 bits per heavy atom. The number of methoxy groups -OCH3 is 1. The van der Waals surface area contributed by atoms with Gasteiger partial charge in [0.2, 0.25) is 11.8 Å². The van der Waals surface area contributed by atoms with Crippen molar-refractivity contribution >= 4 is 34.9 Å². The summed E-state index contributed by atoms with van der Waals surface area (Å²) in [7, 11) is 1.56. The minimum absolute atomic E-state index is 0.130. The molecule has 3 fully saturated rings. The van der Waals surface area contributed by atoms with Crippen molar-refractivity contribution in [2.45, 2.75) is 6.42 Å². The lowest BCUT2D eigenvalue weighted by Gasteiger charge is -2.37. The van der Waals surface area contributed by atoms with Crippen LogP contribution < -0.4 is 14.4 Å². The molecule has 4 aliphatic carbocycles. The van der Waals surface area contributed by atoms with E-state index in [1.807, 2.05) is 0 Å². The monoisotopic (exact) mass is 463 g/mol. The Labute approximate surface area is 196 Å². The number of hydrogen-bond donors (Lipinski definition) is 0. The molecular formula is C26H22ClNO5. The highest BCUT2D eigenvalue weighted by atomic mass is 35.5. The second-order valence-electron chi connectivity index (χ2n) is 9.22. The number of allylic oxidation sites excluding steroid dienone is 2. The van der Waals surface area contributed by atoms with Crippen LogP contribution in [0.1, 0.15) is 16.8 Å². The first-order valence-electron chi connectivity index (χ1n) is 11.1. The second kappa shape index (κ2) is 7.45. The lowest BCUT2D eigenvalue weighted by atomic mass is 9.63. The van der Waals surface area contributed by atoms with Gasteiger partial charge in [-0.15, -0.1) is 0 Å². The summed E-state index contributed by atoms with van der Waals surface area (Å²) in [6.07, 6.45) is 5.43. The van der Waals surface area contributed by atoms with Crippen molar-refractivity contribution in [2.24, 2.45) is 35.5 Å². The van der Waals surface area contributed by atoms with Gasteiger partial charge in [-0.25, -0.2) is 4.90 Å². The second-order valence-corrected chi connectivity index (χ2v) is 9.63. The van der Waals surface area contributed by atoms with Crippen molar-refractivity contribution in [3.63, 3.8) is 0 Å². The first-order valence-corrected chi connectivity index (χ1v) is 11.5. The Morgan fingerprint density at radius 3 is 2.21 bits per heavy atom. The van der Waals surface area contributed by atoms with E-state index in [2.05, 4.69) is 12.2 Å². The quantitative estimate of drug-likeness (QED) is 0.365. The average Bonchev–Trinajstić information content (AvgIpc) is 3.61. The first kappa shape index (κ1) is 20.5. The van der Waals surface area contributed by atoms with Crippen molar-refractivity contribution in [2.75, 3.05) is 18.6 Å². The van der Waals surface area contributed by atoms with Gasteiger partial charge in [0, 0.05) is 5.56 Å². The van der Waals surface area contributed by atoms with E-state index in [1.54, 1.807) is 49.6 Å². The lowest BCUT2D eigenvalue weighted by molar-refractivity contribution is -0.124. The van der Waals surface area contributed by atoms with Gasteiger partial charge in [-0.2, -0.15) is 0 Å². The molecule has 2 aromatic rings. The lowest BCUT2D eigenvalue weighted by Crippen LogP contribution is -2.40. The van der Waals surface area contributed by atoms with Crippen LogP contribution in [0.15, 0.2) is 54.6 Å². The fourth-order valence-corrected chi connectivity index (χ4v) is 6.19. The Bertz CT molecular complexity index is 1170. The largest absolute Gasteiger partial charge is 0.497 e. The zero-order chi connectivity index (χ0) is 22.9. The predicted molar refractivity (Wildman–Crippen MR) is 121 cm³/mol. The van der Waals surface area contributed by atoms with E-state index in [0.29, 0.717) is 34.6 Å². The van der Waals surface area contributed by atoms with Crippen LogP contribution in [-0.2, 0) is 9.59 Å². The third-order valence-electron chi connectivity index (χ3n) is 7.61. The molecule has 1 heterocycles. The molecule has 0 N–H and O–H groups in total. The normalized spacial score (nSPS) is 30.8. The van der Waals surface area contributed by atoms with Crippen molar-refractivity contribution in [3.05, 3.63) is 65.2 Å². The smallest absolute Gasteiger partial charge is 0.238 e. The number of benzene rings is 2. The van der Waals surface area contributed by atoms with Crippen LogP contribution in [0.25, 0.3) is 0 Å². The SMILES string of the molecule is COc1ccc(C(=O)COc2ccc(N3C(=O)C4C5C=CC(C6CC56)C4C3=O)cc2Cl)cc1. The Balaban J connectivity index is 1.17. The van der Waals surface area contributed by atoms with Gasteiger partial charge in [0.1, 0.15) is 11.5 Å². The highest BCUT2D eigenvalue weighted by Gasteiger charge is 2.67. The third-order valence-corrected chi connectivity index (χ3v) is 7.90. The fraction of sp³-hybridized carbons (Fsp3) is 0.346. The number of carbonyl (C=O) groups excluding carboxylic acids is 3. The van der Waals surface area contributed by atoms with Crippen LogP contribution in [0.5, 0.6) is 11.5 Å². The van der Waals surface area contributed by atoms with Crippen molar-refractivity contribution < 1.29 is 23.9 Å². The molecule has 7 rings (SSSR count). The van der Waals surface area contributed by atoms with Crippen LogP contribution in [-0.4, -0.2) is 31.3 Å². The average molecular weight is 464 g/mol. The number of anilines is 1. The van der Waals surface area contributed by atoms with Crippen LogP contribution in [0.4, 0.5) is 5.69 Å². The minimum atomic E-state index is -0.256. The van der Waals surface area contributed by atoms with Crippen LogP contribution in [0.2, 0.25) is 5.02 Å². The van der Waals surface area contributed by atoms with Gasteiger partial charge in [-0.1, -0.05) is 23.8 Å². The number of hydrogen-bond acceptors (Lipinski definition) is 5. The van der Waals surface area contributed by atoms with E-state index in [4.69, 9.17) is 21.1 Å². The summed E-state index contributed by atoms with van der Waals surface area (Å²) < 4.78 is 10.7. The zero-order valence-corrected chi connectivity index (χ0v) is 18.7. The molecule has 6 atom stereocenters. The maximum Gasteiger partial charge on any atom is 0.238 e. The van der Waals surface area contributed by atoms with Crippen LogP contribution in [0.3, 0.4) is 0 Å². The number of rotatable bonds is 6. The summed E-state index contributed by atoms with van der Waals surface area (Å²) in [6.45, 7) is -0.186. The highest BCUT2D eigenvalue weighted by molar-refractivity contribution is 6.33. The Hall–Kier alpha value is -3.12. The number of nitrogens with zero attached hydrogens (tertiary/aromatic N) is 1. The molecule has 6 nitrogen and oxygen atoms in total. The number of Topliss-reactive ketones (excluding diaryl/α,β-unsaturated/α-hetero) is 1. The molecule has 2 saturated carbocycles. The first-order chi connectivity index (χ1) is 16.0. The fourth-order valence-electron chi connectivity index (χ4n) is 5.96. The summed E-state index contributed by atoms with van der Waals surface area (Å²) in [5, 5.41) is 0.245. The van der Waals surface area contributed by atoms with E-state index in [-0.39, 0.29) is 52.9 Å². The number of halogens is 1. The van der Waals surface area contributed by atoms with Gasteiger partial charge in [-0.3, -0.25) is 14.4 Å². The van der Waals surface area contributed by atoms with Crippen molar-refractivity contribution in [3.8, 4) is 11.5 Å². The molecule has 2 aromatic carbocycles. The van der Waals surface area contributed by atoms with E-state index in [1.165, 1.54) is 4.90 Å². The summed E-state index contributed by atoms with van der Waals surface area (Å²) in [5.74, 6) is 1.47. The van der Waals surface area contributed by atoms with Gasteiger partial charge >= 0.3 is 0 Å². The minimum Gasteiger partial charge on any atom is -0.497 e. The Morgan fingerprint density at radius 1 is 1.00 bits per heavy atom. The van der Waals surface area contributed by atoms with E-state index in [0.717, 1.165) is 6.42 Å². The summed E-state index contributed by atoms with van der Waals surface area (Å²) in [5.41, 5.74) is 0.951. The van der Waals surface area contributed by atoms with Gasteiger partial charge in [0.15, 0.2) is 12.4 Å². The maximum atomic E-state index is 13.3. The van der Waals surface area contributed by atoms with Crippen LogP contribution >= 0.6 is 11.6 Å². The number of amides is 2. The number of imide groups is 1. The highest BCUT2D eigenvalue weighted by Crippen LogP contribution is 2.65. The van der Waals surface area contributed by atoms with Gasteiger partial charge in [-0.05, 0) is 72.6 Å². The molecule has 2 bridgehead atoms. The number of ketones is 1. The molecule has 1 aliphatic heterocycles. The molecule has 1 saturated heterocycles. The molecular weight excluding hydrogens is 442 g/mol. The summed E-state index contributed by atoms with van der Waals surface area (Å²) in [6, 6.07) is 11.6. The maximum absolute atomic E-state index is 13.3. The molecule has 0 radical (unpaired) electrons. The number of ether oxygens (including phenoxy) is 2. The number of carbonyl (C=O) groups is 3. The van der Waals surface area contributed by atoms with Gasteiger partial charge in [0.25, 0.3) is 0 Å². The molecule has 2 amide bonds. The van der Waals surface area contributed by atoms with E-state index in [9.17, 15) is 14.4 Å². The van der Waals surface area contributed by atoms with Gasteiger partial charge < -0.3 is 9.47 Å². The summed E-state index contributed by atoms with van der Waals surface area (Å²) >= 11 is 6.41. The third kappa shape index (κ3) is 3.11. The molecule has 0 spiro atoms. The molecule has 168 valence electrons. The van der Waals surface area contributed by atoms with Crippen molar-refractivity contribution in [1.82, 2.24) is 0 Å². The topological polar surface area (TPSA) is 72.9 Å². The molecule has 7 heteroatoms. The molecule has 5 aliphatic rings. The van der Waals surface area contributed by atoms with Crippen LogP contribution in [0, 0.1) is 35.5 Å². The molecule has 0 aromatic heterocycles.